The number of oxime groups is 1. The molecule has 1 aromatic heterocycles. The van der Waals surface area contributed by atoms with Gasteiger partial charge in [-0.15, -0.1) is 0 Å². The summed E-state index contributed by atoms with van der Waals surface area (Å²) in [6, 6.07) is 0. The number of carbonyl (C=O) groups is 1. The Morgan fingerprint density at radius 3 is 2.87 bits per heavy atom. The van der Waals surface area contributed by atoms with Crippen molar-refractivity contribution in [2.75, 3.05) is 5.32 Å². The molecule has 0 spiro atoms. The molecule has 0 aromatic carbocycles. The summed E-state index contributed by atoms with van der Waals surface area (Å²) in [5.74, 6) is -0.525. The number of nitrogens with zero attached hydrogens (tertiary/aromatic N) is 2. The number of amides is 1. The first-order chi connectivity index (χ1) is 6.98. The van der Waals surface area contributed by atoms with Crippen LogP contribution in [-0.4, -0.2) is 27.1 Å². The van der Waals surface area contributed by atoms with E-state index >= 15 is 0 Å². The lowest BCUT2D eigenvalue weighted by Gasteiger charge is -2.20. The number of aromatic amines is 1. The second-order valence-corrected chi connectivity index (χ2v) is 3.55. The molecule has 0 radical (unpaired) electrons. The minimum Gasteiger partial charge on any atom is -0.409 e. The molecule has 0 saturated carbocycles. The lowest BCUT2D eigenvalue weighted by Crippen LogP contribution is -2.42. The molecule has 0 unspecified atom stereocenters. The molecule has 0 aliphatic carbocycles. The van der Waals surface area contributed by atoms with Crippen molar-refractivity contribution in [3.63, 3.8) is 0 Å². The van der Waals surface area contributed by atoms with E-state index in [9.17, 15) is 4.79 Å². The number of rotatable bonds is 3. The number of hydrogen-bond donors (Lipinski definition) is 4. The highest BCUT2D eigenvalue weighted by Gasteiger charge is 2.32. The molecule has 7 nitrogen and oxygen atoms in total. The van der Waals surface area contributed by atoms with Crippen molar-refractivity contribution in [3.05, 3.63) is 12.4 Å². The predicted molar refractivity (Wildman–Crippen MR) is 54.4 cm³/mol. The minimum atomic E-state index is -1.08. The topological polar surface area (TPSA) is 116 Å². The van der Waals surface area contributed by atoms with Gasteiger partial charge in [-0.05, 0) is 13.8 Å². The first kappa shape index (κ1) is 11.0. The Balaban J connectivity index is 2.77. The van der Waals surface area contributed by atoms with Crippen molar-refractivity contribution >= 4 is 17.4 Å². The molecule has 82 valence electrons. The number of hydrogen-bond acceptors (Lipinski definition) is 4. The van der Waals surface area contributed by atoms with Gasteiger partial charge in [0, 0.05) is 6.20 Å². The first-order valence-corrected chi connectivity index (χ1v) is 4.26. The summed E-state index contributed by atoms with van der Waals surface area (Å²) in [4.78, 5) is 11.7. The highest BCUT2D eigenvalue weighted by atomic mass is 16.4. The van der Waals surface area contributed by atoms with Gasteiger partial charge in [0.25, 0.3) is 0 Å². The van der Waals surface area contributed by atoms with E-state index in [0.29, 0.717) is 5.69 Å². The Bertz CT molecular complexity index is 368. The Hall–Kier alpha value is -2.05. The predicted octanol–water partition coefficient (Wildman–Crippen LogP) is 0.121. The number of carbonyl (C=O) groups excluding carboxylic acids is 1. The lowest BCUT2D eigenvalue weighted by atomic mass is 9.91. The van der Waals surface area contributed by atoms with Crippen molar-refractivity contribution in [1.29, 1.82) is 0 Å². The van der Waals surface area contributed by atoms with Gasteiger partial charge in [-0.3, -0.25) is 9.89 Å². The number of nitrogens with one attached hydrogen (secondary N) is 2. The summed E-state index contributed by atoms with van der Waals surface area (Å²) in [7, 11) is 0. The zero-order valence-electron chi connectivity index (χ0n) is 8.48. The Morgan fingerprint density at radius 1 is 1.73 bits per heavy atom. The summed E-state index contributed by atoms with van der Waals surface area (Å²) in [6.07, 6.45) is 2.99. The summed E-state index contributed by atoms with van der Waals surface area (Å²) in [6.45, 7) is 3.11. The van der Waals surface area contributed by atoms with Crippen molar-refractivity contribution in [2.24, 2.45) is 16.3 Å². The van der Waals surface area contributed by atoms with Crippen molar-refractivity contribution in [3.8, 4) is 0 Å². The second kappa shape index (κ2) is 3.99. The van der Waals surface area contributed by atoms with E-state index in [4.69, 9.17) is 10.9 Å². The number of nitrogens with two attached hydrogens (primary N) is 1. The molecule has 7 heteroatoms. The van der Waals surface area contributed by atoms with Crippen LogP contribution in [0.15, 0.2) is 17.5 Å². The number of aromatic nitrogens is 2. The normalized spacial score (nSPS) is 12.5. The third-order valence-corrected chi connectivity index (χ3v) is 2.07. The van der Waals surface area contributed by atoms with E-state index in [0.717, 1.165) is 0 Å². The standard InChI is InChI=1S/C8H13N5O2/c1-8(2,6(9)13-15)7(14)12-5-3-10-11-4-5/h3-4,15H,1-2H3,(H2,9,13)(H,10,11)(H,12,14). The Morgan fingerprint density at radius 2 is 2.40 bits per heavy atom. The third kappa shape index (κ3) is 2.25. The highest BCUT2D eigenvalue weighted by Crippen LogP contribution is 2.18. The number of anilines is 1. The summed E-state index contributed by atoms with van der Waals surface area (Å²) in [5, 5.41) is 20.1. The Kier molecular flexibility index (Phi) is 2.93. The highest BCUT2D eigenvalue weighted by molar-refractivity contribution is 6.11. The molecule has 1 aromatic rings. The van der Waals surface area contributed by atoms with E-state index in [2.05, 4.69) is 20.7 Å². The van der Waals surface area contributed by atoms with Gasteiger partial charge < -0.3 is 16.3 Å². The van der Waals surface area contributed by atoms with Crippen LogP contribution in [0.25, 0.3) is 0 Å². The van der Waals surface area contributed by atoms with Gasteiger partial charge in [0.1, 0.15) is 5.41 Å². The average molecular weight is 211 g/mol. The van der Waals surface area contributed by atoms with Crippen LogP contribution in [0.2, 0.25) is 0 Å². The second-order valence-electron chi connectivity index (χ2n) is 3.55. The Labute approximate surface area is 86.3 Å². The fraction of sp³-hybridized carbons (Fsp3) is 0.375. The summed E-state index contributed by atoms with van der Waals surface area (Å²) in [5.41, 5.74) is 4.85. The van der Waals surface area contributed by atoms with Gasteiger partial charge in [-0.1, -0.05) is 5.16 Å². The maximum atomic E-state index is 11.7. The molecule has 5 N–H and O–H groups in total. The summed E-state index contributed by atoms with van der Waals surface area (Å²) >= 11 is 0. The van der Waals surface area contributed by atoms with Gasteiger partial charge in [-0.2, -0.15) is 5.10 Å². The molecule has 1 rings (SSSR count). The molecule has 0 saturated heterocycles. The zero-order chi connectivity index (χ0) is 11.5. The maximum Gasteiger partial charge on any atom is 0.237 e. The van der Waals surface area contributed by atoms with Crippen molar-refractivity contribution in [1.82, 2.24) is 10.2 Å². The van der Waals surface area contributed by atoms with Crippen LogP contribution >= 0.6 is 0 Å². The van der Waals surface area contributed by atoms with Gasteiger partial charge in [0.05, 0.1) is 11.9 Å². The molecule has 0 aliphatic rings. The average Bonchev–Trinajstić information content (AvgIpc) is 2.68. The fourth-order valence-electron chi connectivity index (χ4n) is 0.848. The van der Waals surface area contributed by atoms with E-state index in [-0.39, 0.29) is 11.7 Å². The van der Waals surface area contributed by atoms with Crippen molar-refractivity contribution < 1.29 is 10.0 Å². The first-order valence-electron chi connectivity index (χ1n) is 4.26. The van der Waals surface area contributed by atoms with Crippen LogP contribution in [0.3, 0.4) is 0 Å². The van der Waals surface area contributed by atoms with E-state index in [1.807, 2.05) is 0 Å². The number of H-pyrrole nitrogens is 1. The van der Waals surface area contributed by atoms with E-state index in [1.165, 1.54) is 12.4 Å². The zero-order valence-corrected chi connectivity index (χ0v) is 8.48. The van der Waals surface area contributed by atoms with Crippen LogP contribution in [0.4, 0.5) is 5.69 Å². The van der Waals surface area contributed by atoms with Crippen molar-refractivity contribution in [2.45, 2.75) is 13.8 Å². The SMILES string of the molecule is CC(C)(C(=O)Nc1cn[nH]c1)C(N)=NO. The molecule has 1 heterocycles. The third-order valence-electron chi connectivity index (χ3n) is 2.07. The fourth-order valence-corrected chi connectivity index (χ4v) is 0.848. The largest absolute Gasteiger partial charge is 0.409 e. The van der Waals surface area contributed by atoms with Gasteiger partial charge in [-0.25, -0.2) is 0 Å². The summed E-state index contributed by atoms with van der Waals surface area (Å²) < 4.78 is 0. The molecule has 0 atom stereocenters. The van der Waals surface area contributed by atoms with Gasteiger partial charge >= 0.3 is 0 Å². The van der Waals surface area contributed by atoms with Crippen LogP contribution < -0.4 is 11.1 Å². The van der Waals surface area contributed by atoms with E-state index < -0.39 is 5.41 Å². The van der Waals surface area contributed by atoms with Crippen LogP contribution in [0, 0.1) is 5.41 Å². The quantitative estimate of drug-likeness (QED) is 0.246. The molecule has 0 fully saturated rings. The molecule has 15 heavy (non-hydrogen) atoms. The molecule has 0 aliphatic heterocycles. The van der Waals surface area contributed by atoms with Gasteiger partial charge in [0.15, 0.2) is 5.84 Å². The molecule has 0 bridgehead atoms. The van der Waals surface area contributed by atoms with Crippen LogP contribution in [0.5, 0.6) is 0 Å². The molecular weight excluding hydrogens is 198 g/mol. The van der Waals surface area contributed by atoms with E-state index in [1.54, 1.807) is 13.8 Å². The van der Waals surface area contributed by atoms with Crippen LogP contribution in [0.1, 0.15) is 13.8 Å². The van der Waals surface area contributed by atoms with Gasteiger partial charge in [0.2, 0.25) is 5.91 Å². The lowest BCUT2D eigenvalue weighted by molar-refractivity contribution is -0.121. The number of amidine groups is 1. The minimum absolute atomic E-state index is 0.150. The molecular formula is C8H13N5O2. The van der Waals surface area contributed by atoms with Crippen LogP contribution in [-0.2, 0) is 4.79 Å². The maximum absolute atomic E-state index is 11.7. The monoisotopic (exact) mass is 211 g/mol. The smallest absolute Gasteiger partial charge is 0.237 e. The molecule has 1 amide bonds.